The smallest absolute Gasteiger partial charge is 0.336 e. The van der Waals surface area contributed by atoms with Gasteiger partial charge in [-0.15, -0.1) is 10.2 Å². The van der Waals surface area contributed by atoms with E-state index in [-0.39, 0.29) is 12.5 Å². The zero-order valence-corrected chi connectivity index (χ0v) is 16.1. The molecular weight excluding hydrogens is 366 g/mol. The van der Waals surface area contributed by atoms with Crippen LogP contribution in [0.4, 0.5) is 5.13 Å². The zero-order valence-electron chi connectivity index (χ0n) is 15.3. The minimum atomic E-state index is -0.416. The minimum absolute atomic E-state index is 0.174. The number of hydrogen-bond donors (Lipinski definition) is 1. The van der Waals surface area contributed by atoms with E-state index in [1.54, 1.807) is 18.2 Å². The summed E-state index contributed by atoms with van der Waals surface area (Å²) in [5.74, 6) is 0.126. The Morgan fingerprint density at radius 1 is 1.26 bits per heavy atom. The van der Waals surface area contributed by atoms with E-state index in [1.807, 2.05) is 6.92 Å². The highest BCUT2D eigenvalue weighted by Gasteiger charge is 2.10. The van der Waals surface area contributed by atoms with Gasteiger partial charge >= 0.3 is 5.63 Å². The van der Waals surface area contributed by atoms with Gasteiger partial charge in [-0.05, 0) is 31.0 Å². The minimum Gasteiger partial charge on any atom is -0.484 e. The number of aryl methyl sites for hydroxylation is 2. The van der Waals surface area contributed by atoms with Crippen LogP contribution in [-0.2, 0) is 11.2 Å². The number of rotatable bonds is 8. The van der Waals surface area contributed by atoms with Crippen LogP contribution in [0.3, 0.4) is 0 Å². The van der Waals surface area contributed by atoms with E-state index in [0.717, 1.165) is 41.6 Å². The van der Waals surface area contributed by atoms with Crippen LogP contribution in [0.5, 0.6) is 5.75 Å². The first-order chi connectivity index (χ1) is 13.0. The standard InChI is InChI=1S/C19H21N3O4S/c1-3-4-5-6-17-21-22-19(27-17)20-16(23)11-25-13-7-8-14-12(2)9-18(24)26-15(14)10-13/h7-10H,3-6,11H2,1-2H3,(H,20,22,23). The van der Waals surface area contributed by atoms with E-state index in [2.05, 4.69) is 22.4 Å². The Balaban J connectivity index is 1.56. The first-order valence-electron chi connectivity index (χ1n) is 8.84. The fourth-order valence-electron chi connectivity index (χ4n) is 2.63. The number of anilines is 1. The van der Waals surface area contributed by atoms with E-state index >= 15 is 0 Å². The van der Waals surface area contributed by atoms with Crippen LogP contribution in [0.25, 0.3) is 11.0 Å². The molecule has 1 aromatic carbocycles. The van der Waals surface area contributed by atoms with Crippen molar-refractivity contribution in [2.75, 3.05) is 11.9 Å². The summed E-state index contributed by atoms with van der Waals surface area (Å²) in [5.41, 5.74) is 0.844. The predicted octanol–water partition coefficient (Wildman–Crippen LogP) is 3.70. The topological polar surface area (TPSA) is 94.3 Å². The third kappa shape index (κ3) is 5.13. The van der Waals surface area contributed by atoms with E-state index in [4.69, 9.17) is 9.15 Å². The third-order valence-corrected chi connectivity index (χ3v) is 4.90. The molecule has 0 radical (unpaired) electrons. The molecule has 0 bridgehead atoms. The number of hydrogen-bond acceptors (Lipinski definition) is 7. The predicted molar refractivity (Wildman–Crippen MR) is 104 cm³/mol. The van der Waals surface area contributed by atoms with Crippen LogP contribution in [0, 0.1) is 6.92 Å². The highest BCUT2D eigenvalue weighted by Crippen LogP contribution is 2.22. The van der Waals surface area contributed by atoms with Gasteiger partial charge in [-0.1, -0.05) is 31.1 Å². The molecule has 2 heterocycles. The summed E-state index contributed by atoms with van der Waals surface area (Å²) in [5, 5.41) is 13.0. The molecule has 3 rings (SSSR count). The second-order valence-corrected chi connectivity index (χ2v) is 7.26. The maximum Gasteiger partial charge on any atom is 0.336 e. The Hall–Kier alpha value is -2.74. The van der Waals surface area contributed by atoms with Gasteiger partial charge in [0.15, 0.2) is 6.61 Å². The molecule has 3 aromatic rings. The average Bonchev–Trinajstić information content (AvgIpc) is 3.07. The largest absolute Gasteiger partial charge is 0.484 e. The van der Waals surface area contributed by atoms with Gasteiger partial charge in [0.2, 0.25) is 5.13 Å². The number of fused-ring (bicyclic) bond motifs is 1. The monoisotopic (exact) mass is 387 g/mol. The van der Waals surface area contributed by atoms with E-state index in [0.29, 0.717) is 16.5 Å². The van der Waals surface area contributed by atoms with Crippen molar-refractivity contribution in [3.63, 3.8) is 0 Å². The number of nitrogens with one attached hydrogen (secondary N) is 1. The molecule has 142 valence electrons. The van der Waals surface area contributed by atoms with E-state index in [9.17, 15) is 9.59 Å². The molecule has 0 unspecified atom stereocenters. The quantitative estimate of drug-likeness (QED) is 0.468. The lowest BCUT2D eigenvalue weighted by Crippen LogP contribution is -2.20. The van der Waals surface area contributed by atoms with Crippen molar-refractivity contribution in [2.24, 2.45) is 0 Å². The van der Waals surface area contributed by atoms with Gasteiger partial charge in [0.25, 0.3) is 5.91 Å². The number of carbonyl (C=O) groups excluding carboxylic acids is 1. The highest BCUT2D eigenvalue weighted by molar-refractivity contribution is 7.15. The summed E-state index contributed by atoms with van der Waals surface area (Å²) in [7, 11) is 0. The van der Waals surface area contributed by atoms with Crippen LogP contribution in [-0.4, -0.2) is 22.7 Å². The molecule has 0 spiro atoms. The fourth-order valence-corrected chi connectivity index (χ4v) is 3.43. The Bertz CT molecular complexity index is 996. The molecule has 0 aliphatic rings. The summed E-state index contributed by atoms with van der Waals surface area (Å²) in [6.45, 7) is 3.81. The van der Waals surface area contributed by atoms with Gasteiger partial charge in [0.05, 0.1) is 0 Å². The van der Waals surface area contributed by atoms with Crippen LogP contribution >= 0.6 is 11.3 Å². The number of aromatic nitrogens is 2. The number of benzene rings is 1. The van der Waals surface area contributed by atoms with Crippen LogP contribution in [0.15, 0.2) is 33.5 Å². The van der Waals surface area contributed by atoms with Crippen LogP contribution < -0.4 is 15.7 Å². The van der Waals surface area contributed by atoms with Crippen molar-refractivity contribution in [2.45, 2.75) is 39.5 Å². The van der Waals surface area contributed by atoms with Crippen LogP contribution in [0.1, 0.15) is 36.8 Å². The second kappa shape index (κ2) is 8.77. The molecule has 0 saturated carbocycles. The first kappa shape index (κ1) is 19.0. The summed E-state index contributed by atoms with van der Waals surface area (Å²) in [6.07, 6.45) is 4.25. The van der Waals surface area contributed by atoms with Crippen molar-refractivity contribution >= 4 is 33.3 Å². The lowest BCUT2D eigenvalue weighted by molar-refractivity contribution is -0.118. The normalized spacial score (nSPS) is 10.9. The molecular formula is C19H21N3O4S. The molecule has 0 saturated heterocycles. The summed E-state index contributed by atoms with van der Waals surface area (Å²) < 4.78 is 10.7. The number of nitrogens with zero attached hydrogens (tertiary/aromatic N) is 2. The molecule has 0 aliphatic carbocycles. The fraction of sp³-hybridized carbons (Fsp3) is 0.368. The van der Waals surface area contributed by atoms with Gasteiger partial charge in [-0.25, -0.2) is 4.79 Å². The highest BCUT2D eigenvalue weighted by atomic mass is 32.1. The van der Waals surface area contributed by atoms with Crippen molar-refractivity contribution in [3.05, 3.63) is 45.3 Å². The molecule has 1 N–H and O–H groups in total. The molecule has 27 heavy (non-hydrogen) atoms. The Morgan fingerprint density at radius 3 is 2.93 bits per heavy atom. The van der Waals surface area contributed by atoms with Gasteiger partial charge in [-0.2, -0.15) is 0 Å². The maximum atomic E-state index is 12.1. The molecule has 1 amide bonds. The maximum absolute atomic E-state index is 12.1. The van der Waals surface area contributed by atoms with Gasteiger partial charge in [-0.3, -0.25) is 10.1 Å². The van der Waals surface area contributed by atoms with Crippen molar-refractivity contribution in [1.29, 1.82) is 0 Å². The first-order valence-corrected chi connectivity index (χ1v) is 9.66. The molecule has 2 aromatic heterocycles. The Kier molecular flexibility index (Phi) is 6.18. The lowest BCUT2D eigenvalue weighted by atomic mass is 10.1. The SMILES string of the molecule is CCCCCc1nnc(NC(=O)COc2ccc3c(C)cc(=O)oc3c2)s1. The summed E-state index contributed by atoms with van der Waals surface area (Å²) in [4.78, 5) is 23.5. The number of unbranched alkanes of at least 4 members (excludes halogenated alkanes) is 2. The molecule has 7 nitrogen and oxygen atoms in total. The number of ether oxygens (including phenoxy) is 1. The molecule has 0 aliphatic heterocycles. The second-order valence-electron chi connectivity index (χ2n) is 6.20. The van der Waals surface area contributed by atoms with Crippen molar-refractivity contribution in [3.8, 4) is 5.75 Å². The lowest BCUT2D eigenvalue weighted by Gasteiger charge is -2.07. The molecule has 8 heteroatoms. The van der Waals surface area contributed by atoms with Crippen LogP contribution in [0.2, 0.25) is 0 Å². The van der Waals surface area contributed by atoms with E-state index < -0.39 is 5.63 Å². The Morgan fingerprint density at radius 2 is 2.11 bits per heavy atom. The number of carbonyl (C=O) groups is 1. The van der Waals surface area contributed by atoms with Crippen molar-refractivity contribution in [1.82, 2.24) is 10.2 Å². The summed E-state index contributed by atoms with van der Waals surface area (Å²) >= 11 is 1.38. The van der Waals surface area contributed by atoms with Gasteiger partial charge < -0.3 is 9.15 Å². The molecule has 0 atom stereocenters. The summed E-state index contributed by atoms with van der Waals surface area (Å²) in [6, 6.07) is 6.58. The zero-order chi connectivity index (χ0) is 19.2. The van der Waals surface area contributed by atoms with Gasteiger partial charge in [0.1, 0.15) is 16.3 Å². The number of amides is 1. The third-order valence-electron chi connectivity index (χ3n) is 4.00. The van der Waals surface area contributed by atoms with E-state index in [1.165, 1.54) is 17.4 Å². The Labute approximate surface area is 160 Å². The van der Waals surface area contributed by atoms with Crippen molar-refractivity contribution < 1.29 is 13.9 Å². The average molecular weight is 387 g/mol. The molecule has 0 fully saturated rings. The van der Waals surface area contributed by atoms with Gasteiger partial charge in [0, 0.05) is 23.9 Å².